The third-order valence-corrected chi connectivity index (χ3v) is 4.34. The lowest BCUT2D eigenvalue weighted by Gasteiger charge is -2.17. The highest BCUT2D eigenvalue weighted by Gasteiger charge is 2.09. The van der Waals surface area contributed by atoms with Crippen molar-refractivity contribution in [2.45, 2.75) is 20.4 Å². The van der Waals surface area contributed by atoms with E-state index in [1.165, 1.54) is 21.9 Å². The molecule has 3 aromatic rings. The molecule has 0 saturated carbocycles. The van der Waals surface area contributed by atoms with Gasteiger partial charge in [-0.25, -0.2) is 0 Å². The molecule has 1 N–H and O–H groups in total. The fraction of sp³-hybridized carbons (Fsp3) is 0.227. The standard InChI is InChI=1S/C22H24N2O/c1-16-8-11-21(17(2)12-16)23-22(25)15-24(3)14-18-9-10-19-6-4-5-7-20(19)13-18/h4-13H,14-15H2,1-3H3,(H,23,25). The highest BCUT2D eigenvalue weighted by molar-refractivity contribution is 5.93. The SMILES string of the molecule is Cc1ccc(NC(=O)CN(C)Cc2ccc3ccccc3c2)c(C)c1. The summed E-state index contributed by atoms with van der Waals surface area (Å²) in [6.07, 6.45) is 0. The van der Waals surface area contributed by atoms with Gasteiger partial charge in [-0.1, -0.05) is 54.1 Å². The maximum absolute atomic E-state index is 12.3. The molecule has 3 aromatic carbocycles. The van der Waals surface area contributed by atoms with E-state index >= 15 is 0 Å². The Morgan fingerprint density at radius 2 is 1.72 bits per heavy atom. The number of carbonyl (C=O) groups excluding carboxylic acids is 1. The van der Waals surface area contributed by atoms with Crippen LogP contribution in [-0.2, 0) is 11.3 Å². The lowest BCUT2D eigenvalue weighted by molar-refractivity contribution is -0.117. The van der Waals surface area contributed by atoms with Gasteiger partial charge in [0.25, 0.3) is 0 Å². The normalized spacial score (nSPS) is 11.0. The predicted molar refractivity (Wildman–Crippen MR) is 105 cm³/mol. The van der Waals surface area contributed by atoms with Gasteiger partial charge in [0.2, 0.25) is 5.91 Å². The van der Waals surface area contributed by atoms with E-state index in [1.54, 1.807) is 0 Å². The molecule has 128 valence electrons. The molecule has 3 nitrogen and oxygen atoms in total. The summed E-state index contributed by atoms with van der Waals surface area (Å²) in [7, 11) is 1.97. The van der Waals surface area contributed by atoms with Gasteiger partial charge in [-0.05, 0) is 54.9 Å². The number of amides is 1. The average molecular weight is 332 g/mol. The van der Waals surface area contributed by atoms with Crippen molar-refractivity contribution in [3.8, 4) is 0 Å². The molecule has 0 spiro atoms. The topological polar surface area (TPSA) is 32.3 Å². The zero-order chi connectivity index (χ0) is 17.8. The van der Waals surface area contributed by atoms with Crippen molar-refractivity contribution in [2.24, 2.45) is 0 Å². The molecule has 3 rings (SSSR count). The van der Waals surface area contributed by atoms with Crippen LogP contribution in [0.1, 0.15) is 16.7 Å². The Kier molecular flexibility index (Phi) is 5.15. The Morgan fingerprint density at radius 1 is 0.960 bits per heavy atom. The minimum Gasteiger partial charge on any atom is -0.325 e. The molecule has 0 saturated heterocycles. The van der Waals surface area contributed by atoms with Crippen LogP contribution in [-0.4, -0.2) is 24.4 Å². The number of nitrogens with one attached hydrogen (secondary N) is 1. The second kappa shape index (κ2) is 7.49. The highest BCUT2D eigenvalue weighted by Crippen LogP contribution is 2.17. The molecule has 0 aromatic heterocycles. The number of anilines is 1. The number of fused-ring (bicyclic) bond motifs is 1. The predicted octanol–water partition coefficient (Wildman–Crippen LogP) is 4.53. The van der Waals surface area contributed by atoms with Crippen molar-refractivity contribution in [3.05, 3.63) is 77.4 Å². The Labute approximate surface area is 149 Å². The minimum atomic E-state index is 0.00948. The van der Waals surface area contributed by atoms with Crippen LogP contribution in [0.25, 0.3) is 10.8 Å². The minimum absolute atomic E-state index is 0.00948. The van der Waals surface area contributed by atoms with Gasteiger partial charge in [-0.15, -0.1) is 0 Å². The molecule has 0 unspecified atom stereocenters. The molecule has 0 bridgehead atoms. The molecule has 0 atom stereocenters. The van der Waals surface area contributed by atoms with Crippen molar-refractivity contribution in [1.82, 2.24) is 4.90 Å². The van der Waals surface area contributed by atoms with Gasteiger partial charge in [0.1, 0.15) is 0 Å². The monoisotopic (exact) mass is 332 g/mol. The van der Waals surface area contributed by atoms with Crippen molar-refractivity contribution < 1.29 is 4.79 Å². The van der Waals surface area contributed by atoms with Crippen molar-refractivity contribution in [3.63, 3.8) is 0 Å². The van der Waals surface area contributed by atoms with Gasteiger partial charge < -0.3 is 5.32 Å². The third-order valence-electron chi connectivity index (χ3n) is 4.34. The lowest BCUT2D eigenvalue weighted by Crippen LogP contribution is -2.30. The van der Waals surface area contributed by atoms with E-state index in [9.17, 15) is 4.79 Å². The van der Waals surface area contributed by atoms with Crippen molar-refractivity contribution in [1.29, 1.82) is 0 Å². The summed E-state index contributed by atoms with van der Waals surface area (Å²) in [6, 6.07) is 20.8. The van der Waals surface area contributed by atoms with Crippen LogP contribution in [0.4, 0.5) is 5.69 Å². The maximum atomic E-state index is 12.3. The largest absolute Gasteiger partial charge is 0.325 e. The van der Waals surface area contributed by atoms with E-state index in [0.29, 0.717) is 6.54 Å². The number of benzene rings is 3. The number of hydrogen-bond donors (Lipinski definition) is 1. The van der Waals surface area contributed by atoms with E-state index in [2.05, 4.69) is 48.6 Å². The molecular weight excluding hydrogens is 308 g/mol. The molecule has 0 radical (unpaired) electrons. The third kappa shape index (κ3) is 4.46. The quantitative estimate of drug-likeness (QED) is 0.744. The Hall–Kier alpha value is -2.65. The van der Waals surface area contributed by atoms with Gasteiger partial charge in [0.05, 0.1) is 6.54 Å². The van der Waals surface area contributed by atoms with Crippen LogP contribution in [0.15, 0.2) is 60.7 Å². The average Bonchev–Trinajstić information content (AvgIpc) is 2.57. The number of aryl methyl sites for hydroxylation is 2. The molecule has 25 heavy (non-hydrogen) atoms. The van der Waals surface area contributed by atoms with Crippen molar-refractivity contribution >= 4 is 22.4 Å². The van der Waals surface area contributed by atoms with Crippen molar-refractivity contribution in [2.75, 3.05) is 18.9 Å². The number of carbonyl (C=O) groups is 1. The molecule has 0 heterocycles. The number of rotatable bonds is 5. The Morgan fingerprint density at radius 3 is 2.48 bits per heavy atom. The van der Waals surface area contributed by atoms with Crippen LogP contribution in [0.2, 0.25) is 0 Å². The molecule has 0 aliphatic rings. The summed E-state index contributed by atoms with van der Waals surface area (Å²) in [6.45, 7) is 5.17. The smallest absolute Gasteiger partial charge is 0.238 e. The number of hydrogen-bond acceptors (Lipinski definition) is 2. The maximum Gasteiger partial charge on any atom is 0.238 e. The lowest BCUT2D eigenvalue weighted by atomic mass is 10.1. The Balaban J connectivity index is 1.60. The second-order valence-corrected chi connectivity index (χ2v) is 6.72. The van der Waals surface area contributed by atoms with Gasteiger partial charge >= 0.3 is 0 Å². The Bertz CT molecular complexity index is 901. The van der Waals surface area contributed by atoms with Gasteiger partial charge in [-0.2, -0.15) is 0 Å². The van der Waals surface area contributed by atoms with Gasteiger partial charge in [0.15, 0.2) is 0 Å². The zero-order valence-electron chi connectivity index (χ0n) is 15.0. The van der Waals surface area contributed by atoms with Crippen LogP contribution in [0.3, 0.4) is 0 Å². The van der Waals surface area contributed by atoms with Crippen LogP contribution in [0, 0.1) is 13.8 Å². The summed E-state index contributed by atoms with van der Waals surface area (Å²) in [5.41, 5.74) is 4.38. The first-order valence-electron chi connectivity index (χ1n) is 8.54. The van der Waals surface area contributed by atoms with Crippen LogP contribution >= 0.6 is 0 Å². The van der Waals surface area contributed by atoms with E-state index in [1.807, 2.05) is 43.1 Å². The highest BCUT2D eigenvalue weighted by atomic mass is 16.2. The zero-order valence-corrected chi connectivity index (χ0v) is 15.0. The van der Waals surface area contributed by atoms with E-state index < -0.39 is 0 Å². The summed E-state index contributed by atoms with van der Waals surface area (Å²) < 4.78 is 0. The number of likely N-dealkylation sites (N-methyl/N-ethyl adjacent to an activating group) is 1. The molecule has 1 amide bonds. The van der Waals surface area contributed by atoms with Crippen LogP contribution < -0.4 is 5.32 Å². The summed E-state index contributed by atoms with van der Waals surface area (Å²) in [4.78, 5) is 14.3. The van der Waals surface area contributed by atoms with Crippen LogP contribution in [0.5, 0.6) is 0 Å². The summed E-state index contributed by atoms with van der Waals surface area (Å²) >= 11 is 0. The summed E-state index contributed by atoms with van der Waals surface area (Å²) in [5.74, 6) is 0.00948. The van der Waals surface area contributed by atoms with E-state index in [0.717, 1.165) is 17.8 Å². The van der Waals surface area contributed by atoms with Gasteiger partial charge in [0, 0.05) is 12.2 Å². The van der Waals surface area contributed by atoms with E-state index in [-0.39, 0.29) is 5.91 Å². The summed E-state index contributed by atoms with van der Waals surface area (Å²) in [5, 5.41) is 5.47. The molecule has 0 aliphatic heterocycles. The first-order valence-corrected chi connectivity index (χ1v) is 8.54. The fourth-order valence-corrected chi connectivity index (χ4v) is 3.09. The van der Waals surface area contributed by atoms with E-state index in [4.69, 9.17) is 0 Å². The molecular formula is C22H24N2O. The first kappa shape index (κ1) is 17.2. The molecule has 0 aliphatic carbocycles. The second-order valence-electron chi connectivity index (χ2n) is 6.72. The van der Waals surface area contributed by atoms with Gasteiger partial charge in [-0.3, -0.25) is 9.69 Å². The fourth-order valence-electron chi connectivity index (χ4n) is 3.09. The molecule has 3 heteroatoms. The molecule has 0 fully saturated rings. The number of nitrogens with zero attached hydrogens (tertiary/aromatic N) is 1. The first-order chi connectivity index (χ1) is 12.0.